The summed E-state index contributed by atoms with van der Waals surface area (Å²) in [7, 11) is 0. The molecule has 0 fully saturated rings. The molecule has 0 radical (unpaired) electrons. The van der Waals surface area contributed by atoms with Crippen LogP contribution in [0.5, 0.6) is 0 Å². The first-order valence-electron chi connectivity index (χ1n) is 14.0. The summed E-state index contributed by atoms with van der Waals surface area (Å²) in [6, 6.07) is 38.2. The van der Waals surface area contributed by atoms with E-state index < -0.39 is 0 Å². The molecule has 0 saturated heterocycles. The van der Waals surface area contributed by atoms with E-state index in [1.165, 1.54) is 11.1 Å². The number of hydrogen-bond acceptors (Lipinski definition) is 3. The fourth-order valence-corrected chi connectivity index (χ4v) is 4.95. The van der Waals surface area contributed by atoms with Crippen LogP contribution in [0.3, 0.4) is 0 Å². The highest BCUT2D eigenvalue weighted by molar-refractivity contribution is 5.80. The Morgan fingerprint density at radius 1 is 0.833 bits per heavy atom. The van der Waals surface area contributed by atoms with Gasteiger partial charge in [-0.1, -0.05) is 86.2 Å². The van der Waals surface area contributed by atoms with E-state index in [1.54, 1.807) is 12.2 Å². The first kappa shape index (κ1) is 28.0. The van der Waals surface area contributed by atoms with Gasteiger partial charge in [0.1, 0.15) is 11.5 Å². The van der Waals surface area contributed by atoms with Gasteiger partial charge in [0.15, 0.2) is 0 Å². The summed E-state index contributed by atoms with van der Waals surface area (Å²) in [5, 5.41) is 9.26. The summed E-state index contributed by atoms with van der Waals surface area (Å²) in [4.78, 5) is 5.60. The smallest absolute Gasteiger partial charge is 0.269 e. The lowest BCUT2D eigenvalue weighted by Gasteiger charge is -2.26. The van der Waals surface area contributed by atoms with Gasteiger partial charge in [0.2, 0.25) is 0 Å². The largest absolute Gasteiger partial charge is 0.462 e. The second kappa shape index (κ2) is 13.2. The minimum atomic E-state index is 0.0482. The predicted molar refractivity (Wildman–Crippen MR) is 172 cm³/mol. The van der Waals surface area contributed by atoms with Crippen molar-refractivity contribution in [2.45, 2.75) is 26.7 Å². The van der Waals surface area contributed by atoms with E-state index >= 15 is 0 Å². The molecule has 4 aromatic carbocycles. The van der Waals surface area contributed by atoms with E-state index in [4.69, 9.17) is 11.3 Å². The Kier molecular flexibility index (Phi) is 8.78. The van der Waals surface area contributed by atoms with Gasteiger partial charge in [-0.05, 0) is 95.8 Å². The van der Waals surface area contributed by atoms with Crippen LogP contribution in [0.15, 0.2) is 144 Å². The molecule has 0 bridgehead atoms. The molecule has 0 N–H and O–H groups in total. The second-order valence-corrected chi connectivity index (χ2v) is 10.0. The minimum Gasteiger partial charge on any atom is -0.462 e. The maximum atomic E-state index is 9.26. The van der Waals surface area contributed by atoms with E-state index in [9.17, 15) is 5.26 Å². The molecule has 1 aliphatic rings. The van der Waals surface area contributed by atoms with Gasteiger partial charge < -0.3 is 9.64 Å². The highest BCUT2D eigenvalue weighted by atomic mass is 16.5. The fraction of sp³-hybridized carbons (Fsp3) is 0.105. The van der Waals surface area contributed by atoms with Gasteiger partial charge >= 0.3 is 0 Å². The zero-order valence-corrected chi connectivity index (χ0v) is 23.8. The van der Waals surface area contributed by atoms with Gasteiger partial charge in [-0.25, -0.2) is 10.1 Å². The summed E-state index contributed by atoms with van der Waals surface area (Å²) >= 11 is 0. The monoisotopic (exact) mass is 545 g/mol. The number of aryl methyl sites for hydroxylation is 1. The zero-order valence-electron chi connectivity index (χ0n) is 23.8. The van der Waals surface area contributed by atoms with Crippen molar-refractivity contribution in [3.63, 3.8) is 0 Å². The summed E-state index contributed by atoms with van der Waals surface area (Å²) in [5.74, 6) is 1.22. The summed E-state index contributed by atoms with van der Waals surface area (Å²) < 4.78 is 5.81. The van der Waals surface area contributed by atoms with Crippen LogP contribution in [-0.4, -0.2) is 0 Å². The van der Waals surface area contributed by atoms with Crippen LogP contribution in [0.25, 0.3) is 22.0 Å². The molecule has 1 aliphatic heterocycles. The average molecular weight is 546 g/mol. The number of allylic oxidation sites excluding steroid dienone is 6. The van der Waals surface area contributed by atoms with Crippen molar-refractivity contribution in [3.8, 4) is 17.2 Å². The maximum Gasteiger partial charge on any atom is 0.269 e. The normalized spacial score (nSPS) is 13.8. The highest BCUT2D eigenvalue weighted by Gasteiger charge is 2.14. The molecule has 0 aromatic heterocycles. The summed E-state index contributed by atoms with van der Waals surface area (Å²) in [6.45, 7) is 11.3. The lowest BCUT2D eigenvalue weighted by atomic mass is 10.0. The number of benzene rings is 4. The van der Waals surface area contributed by atoms with E-state index in [-0.39, 0.29) is 5.70 Å². The SMILES string of the molecule is [C-]#[N+]C(C#N)=C1C=C(C)OC(C=Cc2ccc(N(c3ccc(CCC)cc3)c3cccc(-c4ccccc4)c3)cc2)=C1. The molecule has 42 heavy (non-hydrogen) atoms. The van der Waals surface area contributed by atoms with Crippen molar-refractivity contribution in [2.75, 3.05) is 4.90 Å². The lowest BCUT2D eigenvalue weighted by Crippen LogP contribution is -2.10. The Morgan fingerprint density at radius 3 is 2.19 bits per heavy atom. The molecule has 1 heterocycles. The number of nitrogens with zero attached hydrogens (tertiary/aromatic N) is 3. The number of rotatable bonds is 8. The van der Waals surface area contributed by atoms with Crippen molar-refractivity contribution >= 4 is 23.1 Å². The third kappa shape index (κ3) is 6.58. The molecule has 5 rings (SSSR count). The van der Waals surface area contributed by atoms with Crippen molar-refractivity contribution in [1.82, 2.24) is 0 Å². The Bertz CT molecular complexity index is 1750. The van der Waals surface area contributed by atoms with E-state index in [0.29, 0.717) is 17.1 Å². The molecule has 4 nitrogen and oxygen atoms in total. The minimum absolute atomic E-state index is 0.0482. The van der Waals surface area contributed by atoms with Crippen molar-refractivity contribution < 1.29 is 4.74 Å². The lowest BCUT2D eigenvalue weighted by molar-refractivity contribution is 0.318. The quantitative estimate of drug-likeness (QED) is 0.163. The van der Waals surface area contributed by atoms with Crippen LogP contribution in [0.2, 0.25) is 0 Å². The van der Waals surface area contributed by atoms with Crippen LogP contribution in [-0.2, 0) is 11.2 Å². The van der Waals surface area contributed by atoms with Gasteiger partial charge in [0.05, 0.1) is 12.6 Å². The van der Waals surface area contributed by atoms with E-state index in [0.717, 1.165) is 41.0 Å². The topological polar surface area (TPSA) is 40.6 Å². The number of anilines is 3. The maximum absolute atomic E-state index is 9.26. The van der Waals surface area contributed by atoms with Crippen LogP contribution in [0.4, 0.5) is 17.1 Å². The van der Waals surface area contributed by atoms with Crippen molar-refractivity contribution in [2.24, 2.45) is 0 Å². The predicted octanol–water partition coefficient (Wildman–Crippen LogP) is 10.3. The summed E-state index contributed by atoms with van der Waals surface area (Å²) in [6.07, 6.45) is 9.43. The molecule has 4 aromatic rings. The molecule has 4 heteroatoms. The summed E-state index contributed by atoms with van der Waals surface area (Å²) in [5.41, 5.74) is 8.51. The standard InChI is InChI=1S/C38H31N3O/c1-4-9-29-14-19-34(20-15-29)41(36-13-8-12-32(25-36)31-10-6-5-7-11-31)35-21-16-30(17-22-35)18-23-37-26-33(24-28(2)42-37)38(27-39)40-3/h5-8,10-26H,4,9H2,1-2H3. The van der Waals surface area contributed by atoms with Crippen LogP contribution in [0, 0.1) is 17.9 Å². The second-order valence-electron chi connectivity index (χ2n) is 10.0. The molecule has 0 unspecified atom stereocenters. The third-order valence-electron chi connectivity index (χ3n) is 6.96. The van der Waals surface area contributed by atoms with Gasteiger partial charge in [-0.3, -0.25) is 0 Å². The van der Waals surface area contributed by atoms with Gasteiger partial charge in [-0.2, -0.15) is 0 Å². The first-order chi connectivity index (χ1) is 20.6. The Balaban J connectivity index is 1.47. The van der Waals surface area contributed by atoms with E-state index in [2.05, 4.69) is 114 Å². The van der Waals surface area contributed by atoms with Crippen molar-refractivity contribution in [3.05, 3.63) is 167 Å². The molecule has 204 valence electrons. The molecular formula is C38H31N3O. The Labute approximate surface area is 248 Å². The van der Waals surface area contributed by atoms with Crippen molar-refractivity contribution in [1.29, 1.82) is 5.26 Å². The van der Waals surface area contributed by atoms with Crippen LogP contribution < -0.4 is 4.90 Å². The van der Waals surface area contributed by atoms with E-state index in [1.807, 2.05) is 31.2 Å². The molecule has 0 atom stereocenters. The average Bonchev–Trinajstić information content (AvgIpc) is 3.03. The fourth-order valence-electron chi connectivity index (χ4n) is 4.95. The number of hydrogen-bond donors (Lipinski definition) is 0. The molecule has 0 aliphatic carbocycles. The Morgan fingerprint density at radius 2 is 1.52 bits per heavy atom. The molecular weight excluding hydrogens is 514 g/mol. The van der Waals surface area contributed by atoms with Gasteiger partial charge in [0.25, 0.3) is 5.70 Å². The number of nitriles is 1. The van der Waals surface area contributed by atoms with Crippen LogP contribution >= 0.6 is 0 Å². The third-order valence-corrected chi connectivity index (χ3v) is 6.96. The van der Waals surface area contributed by atoms with Gasteiger partial charge in [-0.15, -0.1) is 0 Å². The first-order valence-corrected chi connectivity index (χ1v) is 14.0. The van der Waals surface area contributed by atoms with Gasteiger partial charge in [0, 0.05) is 17.1 Å². The number of ether oxygens (including phenoxy) is 1. The zero-order chi connectivity index (χ0) is 29.3. The molecule has 0 spiro atoms. The molecule has 0 saturated carbocycles. The van der Waals surface area contributed by atoms with Crippen LogP contribution in [0.1, 0.15) is 31.4 Å². The molecule has 0 amide bonds. The highest BCUT2D eigenvalue weighted by Crippen LogP contribution is 2.37. The Hall–Kier alpha value is -5.58.